The van der Waals surface area contributed by atoms with E-state index in [1.165, 1.54) is 11.1 Å². The maximum atomic E-state index is 12.3. The highest BCUT2D eigenvalue weighted by Gasteiger charge is 2.22. The van der Waals surface area contributed by atoms with Crippen LogP contribution in [0.3, 0.4) is 0 Å². The number of thioether (sulfide) groups is 1. The average Bonchev–Trinajstić information content (AvgIpc) is 2.54. The van der Waals surface area contributed by atoms with Crippen molar-refractivity contribution in [3.05, 3.63) is 59.2 Å². The highest BCUT2D eigenvalue weighted by atomic mass is 32.2. The van der Waals surface area contributed by atoms with Gasteiger partial charge < -0.3 is 10.1 Å². The fourth-order valence-electron chi connectivity index (χ4n) is 2.83. The summed E-state index contributed by atoms with van der Waals surface area (Å²) in [6, 6.07) is 14.3. The van der Waals surface area contributed by atoms with Gasteiger partial charge in [-0.05, 0) is 31.5 Å². The molecule has 2 aromatic rings. The molecule has 0 unspecified atom stereocenters. The summed E-state index contributed by atoms with van der Waals surface area (Å²) >= 11 is 1.59. The van der Waals surface area contributed by atoms with Gasteiger partial charge in [0.15, 0.2) is 0 Å². The minimum absolute atomic E-state index is 0.0483. The Morgan fingerprint density at radius 1 is 1.26 bits per heavy atom. The Bertz CT molecular complexity index is 714. The normalized spacial score (nSPS) is 16.3. The van der Waals surface area contributed by atoms with Crippen molar-refractivity contribution in [2.75, 3.05) is 12.4 Å². The molecule has 0 spiro atoms. The second-order valence-corrected chi connectivity index (χ2v) is 6.87. The van der Waals surface area contributed by atoms with Crippen molar-refractivity contribution in [2.24, 2.45) is 0 Å². The van der Waals surface area contributed by atoms with Crippen LogP contribution < -0.4 is 10.1 Å². The van der Waals surface area contributed by atoms with Gasteiger partial charge in [0.1, 0.15) is 5.75 Å². The second-order valence-electron chi connectivity index (χ2n) is 5.85. The van der Waals surface area contributed by atoms with Crippen molar-refractivity contribution in [1.29, 1.82) is 0 Å². The molecule has 3 rings (SSSR count). The Kier molecular flexibility index (Phi) is 4.91. The van der Waals surface area contributed by atoms with Gasteiger partial charge in [0, 0.05) is 16.9 Å². The summed E-state index contributed by atoms with van der Waals surface area (Å²) in [7, 11) is 0. The molecule has 23 heavy (non-hydrogen) atoms. The van der Waals surface area contributed by atoms with Crippen LogP contribution >= 0.6 is 11.8 Å². The predicted molar refractivity (Wildman–Crippen MR) is 94.1 cm³/mol. The van der Waals surface area contributed by atoms with E-state index in [2.05, 4.69) is 37.4 Å². The third-order valence-electron chi connectivity index (χ3n) is 3.98. The van der Waals surface area contributed by atoms with Crippen LogP contribution in [-0.4, -0.2) is 18.3 Å². The molecular formula is C19H21NO2S. The molecule has 3 nitrogen and oxygen atoms in total. The molecule has 1 amide bonds. The van der Waals surface area contributed by atoms with Gasteiger partial charge in [-0.3, -0.25) is 4.79 Å². The minimum Gasteiger partial charge on any atom is -0.493 e. The fourth-order valence-corrected chi connectivity index (χ4v) is 3.65. The molecule has 1 N–H and O–H groups in total. The average molecular weight is 327 g/mol. The van der Waals surface area contributed by atoms with Crippen LogP contribution in [0.1, 0.15) is 29.2 Å². The standard InChI is InChI=1S/C19H21NO2S/c1-13-7-8-18(14(2)11-13)23-12-19(21)20-16-9-10-22-17-6-4-3-5-15(16)17/h3-8,11,16H,9-10,12H2,1-2H3,(H,20,21)/t16-/m0/s1. The molecule has 2 aromatic carbocycles. The lowest BCUT2D eigenvalue weighted by molar-refractivity contribution is -0.119. The third-order valence-corrected chi connectivity index (χ3v) is 5.16. The number of nitrogens with one attached hydrogen (secondary N) is 1. The maximum Gasteiger partial charge on any atom is 0.230 e. The largest absolute Gasteiger partial charge is 0.493 e. The second kappa shape index (κ2) is 7.09. The topological polar surface area (TPSA) is 38.3 Å². The number of para-hydroxylation sites is 1. The van der Waals surface area contributed by atoms with E-state index in [1.807, 2.05) is 24.3 Å². The number of carbonyl (C=O) groups excluding carboxylic acids is 1. The highest BCUT2D eigenvalue weighted by Crippen LogP contribution is 2.31. The van der Waals surface area contributed by atoms with Gasteiger partial charge in [0.05, 0.1) is 18.4 Å². The molecule has 4 heteroatoms. The maximum absolute atomic E-state index is 12.3. The summed E-state index contributed by atoms with van der Waals surface area (Å²) in [6.45, 7) is 4.81. The fraction of sp³-hybridized carbons (Fsp3) is 0.316. The lowest BCUT2D eigenvalue weighted by Crippen LogP contribution is -2.33. The zero-order chi connectivity index (χ0) is 16.2. The molecule has 1 aliphatic heterocycles. The van der Waals surface area contributed by atoms with Gasteiger partial charge in [0.2, 0.25) is 5.91 Å². The van der Waals surface area contributed by atoms with Crippen LogP contribution in [0.25, 0.3) is 0 Å². The Morgan fingerprint density at radius 2 is 2.09 bits per heavy atom. The molecule has 1 atom stereocenters. The summed E-state index contributed by atoms with van der Waals surface area (Å²) in [6.07, 6.45) is 0.816. The molecule has 0 radical (unpaired) electrons. The summed E-state index contributed by atoms with van der Waals surface area (Å²) in [5.74, 6) is 1.38. The van der Waals surface area contributed by atoms with Crippen LogP contribution in [0.15, 0.2) is 47.4 Å². The number of aryl methyl sites for hydroxylation is 2. The van der Waals surface area contributed by atoms with Gasteiger partial charge in [-0.2, -0.15) is 0 Å². The molecule has 1 aliphatic rings. The van der Waals surface area contributed by atoms with E-state index in [0.29, 0.717) is 12.4 Å². The first-order valence-electron chi connectivity index (χ1n) is 7.84. The van der Waals surface area contributed by atoms with Crippen molar-refractivity contribution in [3.63, 3.8) is 0 Å². The summed E-state index contributed by atoms with van der Waals surface area (Å²) in [5.41, 5.74) is 3.54. The summed E-state index contributed by atoms with van der Waals surface area (Å²) < 4.78 is 5.63. The van der Waals surface area contributed by atoms with Crippen molar-refractivity contribution in [3.8, 4) is 5.75 Å². The van der Waals surface area contributed by atoms with Crippen molar-refractivity contribution in [2.45, 2.75) is 31.2 Å². The first kappa shape index (κ1) is 15.9. The monoisotopic (exact) mass is 327 g/mol. The quantitative estimate of drug-likeness (QED) is 0.862. The van der Waals surface area contributed by atoms with E-state index in [9.17, 15) is 4.79 Å². The van der Waals surface area contributed by atoms with E-state index in [-0.39, 0.29) is 11.9 Å². The zero-order valence-electron chi connectivity index (χ0n) is 13.5. The molecule has 0 saturated heterocycles. The van der Waals surface area contributed by atoms with Gasteiger partial charge in [0.25, 0.3) is 0 Å². The number of benzene rings is 2. The first-order chi connectivity index (χ1) is 11.1. The molecule has 120 valence electrons. The lowest BCUT2D eigenvalue weighted by atomic mass is 10.0. The molecule has 0 aliphatic carbocycles. The van der Waals surface area contributed by atoms with Gasteiger partial charge in [-0.25, -0.2) is 0 Å². The summed E-state index contributed by atoms with van der Waals surface area (Å²) in [4.78, 5) is 13.5. The summed E-state index contributed by atoms with van der Waals surface area (Å²) in [5, 5.41) is 3.14. The van der Waals surface area contributed by atoms with Crippen LogP contribution in [0.4, 0.5) is 0 Å². The Balaban J connectivity index is 1.60. The Labute approximate surface area is 141 Å². The number of carbonyl (C=O) groups is 1. The number of hydrogen-bond donors (Lipinski definition) is 1. The number of amides is 1. The minimum atomic E-state index is 0.0483. The SMILES string of the molecule is Cc1ccc(SCC(=O)N[C@H]2CCOc3ccccc32)c(C)c1. The van der Waals surface area contributed by atoms with Crippen LogP contribution in [-0.2, 0) is 4.79 Å². The smallest absolute Gasteiger partial charge is 0.230 e. The molecule has 0 bridgehead atoms. The highest BCUT2D eigenvalue weighted by molar-refractivity contribution is 8.00. The van der Waals surface area contributed by atoms with E-state index in [1.54, 1.807) is 11.8 Å². The molecule has 0 saturated carbocycles. The van der Waals surface area contributed by atoms with Crippen molar-refractivity contribution < 1.29 is 9.53 Å². The van der Waals surface area contributed by atoms with E-state index < -0.39 is 0 Å². The van der Waals surface area contributed by atoms with Gasteiger partial charge in [-0.15, -0.1) is 11.8 Å². The van der Waals surface area contributed by atoms with E-state index in [0.717, 1.165) is 22.6 Å². The molecular weight excluding hydrogens is 306 g/mol. The number of fused-ring (bicyclic) bond motifs is 1. The van der Waals surface area contributed by atoms with Crippen LogP contribution in [0.5, 0.6) is 5.75 Å². The van der Waals surface area contributed by atoms with Gasteiger partial charge in [-0.1, -0.05) is 35.9 Å². The number of ether oxygens (including phenoxy) is 1. The number of rotatable bonds is 4. The number of hydrogen-bond acceptors (Lipinski definition) is 3. The molecule has 1 heterocycles. The van der Waals surface area contributed by atoms with E-state index >= 15 is 0 Å². The first-order valence-corrected chi connectivity index (χ1v) is 8.83. The molecule has 0 aromatic heterocycles. The van der Waals surface area contributed by atoms with Gasteiger partial charge >= 0.3 is 0 Å². The van der Waals surface area contributed by atoms with Crippen LogP contribution in [0.2, 0.25) is 0 Å². The zero-order valence-corrected chi connectivity index (χ0v) is 14.3. The van der Waals surface area contributed by atoms with Crippen LogP contribution in [0, 0.1) is 13.8 Å². The van der Waals surface area contributed by atoms with Crippen molar-refractivity contribution in [1.82, 2.24) is 5.32 Å². The van der Waals surface area contributed by atoms with E-state index in [4.69, 9.17) is 4.74 Å². The lowest BCUT2D eigenvalue weighted by Gasteiger charge is -2.26. The third kappa shape index (κ3) is 3.88. The van der Waals surface area contributed by atoms with Crippen molar-refractivity contribution >= 4 is 17.7 Å². The Hall–Kier alpha value is -1.94. The molecule has 0 fully saturated rings. The Morgan fingerprint density at radius 3 is 2.91 bits per heavy atom. The predicted octanol–water partition coefficient (Wildman–Crippen LogP) is 4.04.